The van der Waals surface area contributed by atoms with Crippen LogP contribution in [0.25, 0.3) is 0 Å². The molecule has 0 fully saturated rings. The van der Waals surface area contributed by atoms with Crippen molar-refractivity contribution in [1.29, 1.82) is 0 Å². The van der Waals surface area contributed by atoms with Crippen molar-refractivity contribution < 1.29 is 14.3 Å². The number of esters is 1. The molecule has 1 amide bonds. The maximum absolute atomic E-state index is 11.4. The minimum atomic E-state index is -0.435. The first-order valence-electron chi connectivity index (χ1n) is 4.53. The second-order valence-electron chi connectivity index (χ2n) is 3.30. The van der Waals surface area contributed by atoms with Crippen molar-refractivity contribution in [1.82, 2.24) is 0 Å². The zero-order chi connectivity index (χ0) is 11.4. The van der Waals surface area contributed by atoms with E-state index in [2.05, 4.69) is 10.1 Å². The van der Waals surface area contributed by atoms with Crippen LogP contribution in [0.3, 0.4) is 0 Å². The van der Waals surface area contributed by atoms with E-state index in [9.17, 15) is 9.59 Å². The van der Waals surface area contributed by atoms with Crippen molar-refractivity contribution in [2.24, 2.45) is 5.92 Å². The second kappa shape index (κ2) is 4.93. The number of rotatable bonds is 3. The molecule has 1 rings (SSSR count). The summed E-state index contributed by atoms with van der Waals surface area (Å²) >= 11 is 1.31. The monoisotopic (exact) mass is 227 g/mol. The zero-order valence-corrected chi connectivity index (χ0v) is 9.68. The van der Waals surface area contributed by atoms with Crippen LogP contribution in [0.15, 0.2) is 11.4 Å². The molecular weight excluding hydrogens is 214 g/mol. The molecule has 1 aromatic rings. The molecule has 0 radical (unpaired) electrons. The van der Waals surface area contributed by atoms with Gasteiger partial charge in [0.05, 0.1) is 12.7 Å². The molecule has 5 heteroatoms. The topological polar surface area (TPSA) is 55.4 Å². The van der Waals surface area contributed by atoms with E-state index in [-0.39, 0.29) is 11.8 Å². The first kappa shape index (κ1) is 11.7. The van der Waals surface area contributed by atoms with Crippen LogP contribution in [0.2, 0.25) is 0 Å². The highest BCUT2D eigenvalue weighted by Gasteiger charge is 2.16. The largest absolute Gasteiger partial charge is 0.465 e. The molecule has 1 N–H and O–H groups in total. The van der Waals surface area contributed by atoms with Crippen LogP contribution in [0.1, 0.15) is 24.2 Å². The molecule has 0 aliphatic carbocycles. The van der Waals surface area contributed by atoms with E-state index in [0.29, 0.717) is 10.6 Å². The summed E-state index contributed by atoms with van der Waals surface area (Å²) in [4.78, 5) is 22.7. The van der Waals surface area contributed by atoms with Crippen LogP contribution in [0.5, 0.6) is 0 Å². The maximum Gasteiger partial charge on any atom is 0.340 e. The highest BCUT2D eigenvalue weighted by Crippen LogP contribution is 2.24. The van der Waals surface area contributed by atoms with Gasteiger partial charge in [0.2, 0.25) is 5.91 Å². The van der Waals surface area contributed by atoms with Crippen LogP contribution in [0.4, 0.5) is 5.00 Å². The number of anilines is 1. The summed E-state index contributed by atoms with van der Waals surface area (Å²) in [6, 6.07) is 1.63. The van der Waals surface area contributed by atoms with Gasteiger partial charge in [-0.05, 0) is 11.4 Å². The lowest BCUT2D eigenvalue weighted by molar-refractivity contribution is -0.118. The predicted octanol–water partition coefficient (Wildman–Crippen LogP) is 2.13. The van der Waals surface area contributed by atoms with E-state index >= 15 is 0 Å². The number of thiophene rings is 1. The second-order valence-corrected chi connectivity index (χ2v) is 4.22. The van der Waals surface area contributed by atoms with Gasteiger partial charge in [0, 0.05) is 5.92 Å². The highest BCUT2D eigenvalue weighted by atomic mass is 32.1. The summed E-state index contributed by atoms with van der Waals surface area (Å²) < 4.78 is 4.59. The van der Waals surface area contributed by atoms with Gasteiger partial charge >= 0.3 is 5.97 Å². The third-order valence-electron chi connectivity index (χ3n) is 1.83. The minimum absolute atomic E-state index is 0.109. The van der Waals surface area contributed by atoms with Gasteiger partial charge < -0.3 is 10.1 Å². The summed E-state index contributed by atoms with van der Waals surface area (Å²) in [5.41, 5.74) is 0.400. The fourth-order valence-electron chi connectivity index (χ4n) is 0.933. The smallest absolute Gasteiger partial charge is 0.340 e. The number of hydrogen-bond donors (Lipinski definition) is 1. The van der Waals surface area contributed by atoms with Crippen LogP contribution in [-0.2, 0) is 9.53 Å². The van der Waals surface area contributed by atoms with Crippen molar-refractivity contribution in [3.05, 3.63) is 17.0 Å². The van der Waals surface area contributed by atoms with Gasteiger partial charge in [-0.1, -0.05) is 13.8 Å². The van der Waals surface area contributed by atoms with Crippen LogP contribution in [0, 0.1) is 5.92 Å². The number of carbonyl (C=O) groups excluding carboxylic acids is 2. The van der Waals surface area contributed by atoms with Gasteiger partial charge in [-0.15, -0.1) is 11.3 Å². The van der Waals surface area contributed by atoms with E-state index in [1.807, 2.05) is 0 Å². The molecule has 0 unspecified atom stereocenters. The third kappa shape index (κ3) is 2.79. The zero-order valence-electron chi connectivity index (χ0n) is 8.87. The van der Waals surface area contributed by atoms with E-state index in [0.717, 1.165) is 0 Å². The standard InChI is InChI=1S/C10H13NO3S/c1-6(2)8(12)11-9-7(4-5-15-9)10(13)14-3/h4-6H,1-3H3,(H,11,12). The van der Waals surface area contributed by atoms with E-state index in [1.165, 1.54) is 18.4 Å². The van der Waals surface area contributed by atoms with E-state index in [1.54, 1.807) is 25.3 Å². The Morgan fingerprint density at radius 3 is 2.67 bits per heavy atom. The fourth-order valence-corrected chi connectivity index (χ4v) is 1.71. The molecular formula is C10H13NO3S. The molecule has 0 saturated carbocycles. The summed E-state index contributed by atoms with van der Waals surface area (Å²) in [6.45, 7) is 3.58. The van der Waals surface area contributed by atoms with Crippen molar-refractivity contribution in [2.75, 3.05) is 12.4 Å². The number of hydrogen-bond acceptors (Lipinski definition) is 4. The molecule has 0 spiro atoms. The SMILES string of the molecule is COC(=O)c1ccsc1NC(=O)C(C)C. The molecule has 0 bridgehead atoms. The van der Waals surface area contributed by atoms with Crippen molar-refractivity contribution in [2.45, 2.75) is 13.8 Å². The fraction of sp³-hybridized carbons (Fsp3) is 0.400. The Balaban J connectivity index is 2.82. The number of nitrogens with one attached hydrogen (secondary N) is 1. The Labute approximate surface area is 92.2 Å². The Morgan fingerprint density at radius 1 is 1.47 bits per heavy atom. The Bertz CT molecular complexity index is 370. The molecule has 0 atom stereocenters. The molecule has 0 saturated heterocycles. The predicted molar refractivity (Wildman–Crippen MR) is 59.1 cm³/mol. The van der Waals surface area contributed by atoms with Gasteiger partial charge in [-0.3, -0.25) is 4.79 Å². The van der Waals surface area contributed by atoms with Gasteiger partial charge in [0.25, 0.3) is 0 Å². The Kier molecular flexibility index (Phi) is 3.85. The molecule has 1 aromatic heterocycles. The van der Waals surface area contributed by atoms with Crippen LogP contribution in [-0.4, -0.2) is 19.0 Å². The molecule has 82 valence electrons. The van der Waals surface area contributed by atoms with Crippen molar-refractivity contribution in [3.8, 4) is 0 Å². The summed E-state index contributed by atoms with van der Waals surface area (Å²) in [5.74, 6) is -0.657. The molecule has 0 aliphatic rings. The van der Waals surface area contributed by atoms with Gasteiger partial charge in [0.15, 0.2) is 0 Å². The minimum Gasteiger partial charge on any atom is -0.465 e. The van der Waals surface area contributed by atoms with E-state index in [4.69, 9.17) is 0 Å². The summed E-state index contributed by atoms with van der Waals surface area (Å²) in [6.07, 6.45) is 0. The Hall–Kier alpha value is -1.36. The Morgan fingerprint density at radius 2 is 2.13 bits per heavy atom. The average molecular weight is 227 g/mol. The lowest BCUT2D eigenvalue weighted by Gasteiger charge is -2.06. The number of carbonyl (C=O) groups is 2. The summed E-state index contributed by atoms with van der Waals surface area (Å²) in [5, 5.41) is 4.96. The quantitative estimate of drug-likeness (QED) is 0.805. The van der Waals surface area contributed by atoms with Gasteiger partial charge in [-0.25, -0.2) is 4.79 Å². The van der Waals surface area contributed by atoms with Gasteiger partial charge in [-0.2, -0.15) is 0 Å². The maximum atomic E-state index is 11.4. The summed E-state index contributed by atoms with van der Waals surface area (Å²) in [7, 11) is 1.31. The van der Waals surface area contributed by atoms with Crippen molar-refractivity contribution >= 4 is 28.2 Å². The van der Waals surface area contributed by atoms with Gasteiger partial charge in [0.1, 0.15) is 5.00 Å². The molecule has 15 heavy (non-hydrogen) atoms. The molecule has 4 nitrogen and oxygen atoms in total. The number of ether oxygens (including phenoxy) is 1. The first-order valence-corrected chi connectivity index (χ1v) is 5.41. The number of methoxy groups -OCH3 is 1. The average Bonchev–Trinajstić information content (AvgIpc) is 2.64. The lowest BCUT2D eigenvalue weighted by Crippen LogP contribution is -2.18. The lowest BCUT2D eigenvalue weighted by atomic mass is 10.2. The highest BCUT2D eigenvalue weighted by molar-refractivity contribution is 7.14. The first-order chi connectivity index (χ1) is 7.06. The van der Waals surface area contributed by atoms with Crippen molar-refractivity contribution in [3.63, 3.8) is 0 Å². The molecule has 0 aromatic carbocycles. The molecule has 1 heterocycles. The van der Waals surface area contributed by atoms with E-state index < -0.39 is 5.97 Å². The normalized spacial score (nSPS) is 10.1. The van der Waals surface area contributed by atoms with Crippen LogP contribution < -0.4 is 5.32 Å². The number of amides is 1. The molecule has 0 aliphatic heterocycles. The third-order valence-corrected chi connectivity index (χ3v) is 2.66. The van der Waals surface area contributed by atoms with Crippen LogP contribution >= 0.6 is 11.3 Å².